The van der Waals surface area contributed by atoms with Crippen molar-refractivity contribution in [2.75, 3.05) is 44.2 Å². The molecule has 138 valence electrons. The number of piperazine rings is 1. The Morgan fingerprint density at radius 1 is 0.962 bits per heavy atom. The number of nitrogens with zero attached hydrogens (tertiary/aromatic N) is 5. The lowest BCUT2D eigenvalue weighted by molar-refractivity contribution is 0.242. The van der Waals surface area contributed by atoms with Crippen molar-refractivity contribution in [1.29, 1.82) is 0 Å². The Bertz CT molecular complexity index is 710. The second-order valence-corrected chi connectivity index (χ2v) is 7.42. The molecular weight excluding hydrogens is 322 g/mol. The molecule has 0 unspecified atom stereocenters. The molecule has 5 nitrogen and oxygen atoms in total. The van der Waals surface area contributed by atoms with E-state index in [2.05, 4.69) is 58.2 Å². The van der Waals surface area contributed by atoms with Gasteiger partial charge in [0.15, 0.2) is 0 Å². The van der Waals surface area contributed by atoms with E-state index >= 15 is 0 Å². The lowest BCUT2D eigenvalue weighted by Gasteiger charge is -2.35. The molecule has 1 aromatic carbocycles. The highest BCUT2D eigenvalue weighted by Gasteiger charge is 2.22. The molecule has 1 aromatic heterocycles. The van der Waals surface area contributed by atoms with Crippen LogP contribution in [0.2, 0.25) is 0 Å². The van der Waals surface area contributed by atoms with Crippen LogP contribution >= 0.6 is 0 Å². The van der Waals surface area contributed by atoms with Crippen LogP contribution in [0.3, 0.4) is 0 Å². The van der Waals surface area contributed by atoms with Crippen LogP contribution in [-0.2, 0) is 19.5 Å². The summed E-state index contributed by atoms with van der Waals surface area (Å²) in [5, 5.41) is 0. The number of benzene rings is 1. The maximum atomic E-state index is 4.92. The monoisotopic (exact) mass is 351 g/mol. The molecule has 4 rings (SSSR count). The number of fused-ring (bicyclic) bond motifs is 1. The van der Waals surface area contributed by atoms with E-state index in [0.29, 0.717) is 0 Å². The molecule has 0 radical (unpaired) electrons. The van der Waals surface area contributed by atoms with Crippen molar-refractivity contribution in [3.8, 4) is 0 Å². The minimum atomic E-state index is 0.927. The summed E-state index contributed by atoms with van der Waals surface area (Å²) in [4.78, 5) is 17.0. The molecule has 5 heteroatoms. The van der Waals surface area contributed by atoms with E-state index in [9.17, 15) is 0 Å². The highest BCUT2D eigenvalue weighted by molar-refractivity contribution is 5.35. The molecule has 26 heavy (non-hydrogen) atoms. The summed E-state index contributed by atoms with van der Waals surface area (Å²) in [6.45, 7) is 10.8. The predicted molar refractivity (Wildman–Crippen MR) is 105 cm³/mol. The van der Waals surface area contributed by atoms with Gasteiger partial charge in [-0.2, -0.15) is 0 Å². The van der Waals surface area contributed by atoms with Gasteiger partial charge in [-0.15, -0.1) is 0 Å². The minimum Gasteiger partial charge on any atom is -0.338 e. The lowest BCUT2D eigenvalue weighted by atomic mass is 10.1. The van der Waals surface area contributed by atoms with Crippen LogP contribution in [0.1, 0.15) is 30.2 Å². The van der Waals surface area contributed by atoms with Gasteiger partial charge in [0.25, 0.3) is 0 Å². The molecule has 2 aliphatic heterocycles. The van der Waals surface area contributed by atoms with E-state index in [1.165, 1.54) is 29.8 Å². The first kappa shape index (κ1) is 17.4. The van der Waals surface area contributed by atoms with Gasteiger partial charge in [0.2, 0.25) is 5.95 Å². The zero-order chi connectivity index (χ0) is 17.8. The van der Waals surface area contributed by atoms with Gasteiger partial charge in [-0.1, -0.05) is 37.3 Å². The van der Waals surface area contributed by atoms with Crippen molar-refractivity contribution in [3.05, 3.63) is 53.3 Å². The Kier molecular flexibility index (Phi) is 5.46. The molecule has 0 spiro atoms. The van der Waals surface area contributed by atoms with Gasteiger partial charge in [-0.05, 0) is 18.5 Å². The third kappa shape index (κ3) is 4.05. The molecule has 0 N–H and O–H groups in total. The van der Waals surface area contributed by atoms with Crippen molar-refractivity contribution < 1.29 is 0 Å². The maximum Gasteiger partial charge on any atom is 0.225 e. The first-order valence-electron chi connectivity index (χ1n) is 9.90. The zero-order valence-electron chi connectivity index (χ0n) is 15.8. The van der Waals surface area contributed by atoms with Crippen molar-refractivity contribution in [2.45, 2.75) is 32.9 Å². The van der Waals surface area contributed by atoms with E-state index in [4.69, 9.17) is 9.97 Å². The molecule has 1 fully saturated rings. The largest absolute Gasteiger partial charge is 0.338 e. The average Bonchev–Trinajstić information content (AvgIpc) is 2.69. The van der Waals surface area contributed by atoms with Gasteiger partial charge in [0, 0.05) is 64.0 Å². The summed E-state index contributed by atoms with van der Waals surface area (Å²) in [6.07, 6.45) is 4.32. The first-order valence-corrected chi connectivity index (χ1v) is 9.90. The molecule has 0 saturated carbocycles. The number of anilines is 1. The minimum absolute atomic E-state index is 0.927. The van der Waals surface area contributed by atoms with Crippen LogP contribution in [0.4, 0.5) is 5.95 Å². The normalized spacial score (nSPS) is 18.7. The topological polar surface area (TPSA) is 35.5 Å². The molecule has 3 heterocycles. The molecule has 0 bridgehead atoms. The number of aromatic nitrogens is 2. The van der Waals surface area contributed by atoms with Gasteiger partial charge >= 0.3 is 0 Å². The van der Waals surface area contributed by atoms with Gasteiger partial charge in [-0.3, -0.25) is 9.80 Å². The van der Waals surface area contributed by atoms with Crippen molar-refractivity contribution >= 4 is 5.95 Å². The van der Waals surface area contributed by atoms with Crippen molar-refractivity contribution in [2.24, 2.45) is 0 Å². The van der Waals surface area contributed by atoms with Gasteiger partial charge in [-0.25, -0.2) is 9.97 Å². The van der Waals surface area contributed by atoms with Crippen LogP contribution in [0.25, 0.3) is 0 Å². The van der Waals surface area contributed by atoms with Crippen molar-refractivity contribution in [1.82, 2.24) is 19.8 Å². The molecule has 2 aromatic rings. The Hall–Kier alpha value is -1.98. The second-order valence-electron chi connectivity index (χ2n) is 7.42. The summed E-state index contributed by atoms with van der Waals surface area (Å²) < 4.78 is 0. The Morgan fingerprint density at radius 3 is 2.54 bits per heavy atom. The summed E-state index contributed by atoms with van der Waals surface area (Å²) in [5.74, 6) is 0.927. The van der Waals surface area contributed by atoms with Gasteiger partial charge in [0.05, 0.1) is 5.69 Å². The number of hydrogen-bond donors (Lipinski definition) is 0. The highest BCUT2D eigenvalue weighted by Crippen LogP contribution is 2.21. The lowest BCUT2D eigenvalue weighted by Crippen LogP contribution is -2.47. The summed E-state index contributed by atoms with van der Waals surface area (Å²) in [5.41, 5.74) is 3.91. The molecule has 1 saturated heterocycles. The zero-order valence-corrected chi connectivity index (χ0v) is 15.8. The molecule has 2 aliphatic rings. The Labute approximate surface area is 156 Å². The van der Waals surface area contributed by atoms with Gasteiger partial charge in [0.1, 0.15) is 0 Å². The fraction of sp³-hybridized carbons (Fsp3) is 0.524. The molecule has 0 atom stereocenters. The average molecular weight is 351 g/mol. The molecule has 0 amide bonds. The fourth-order valence-corrected chi connectivity index (χ4v) is 3.98. The molecule has 0 aliphatic carbocycles. The van der Waals surface area contributed by atoms with E-state index in [0.717, 1.165) is 58.2 Å². The van der Waals surface area contributed by atoms with Gasteiger partial charge < -0.3 is 4.90 Å². The number of hydrogen-bond acceptors (Lipinski definition) is 5. The third-order valence-electron chi connectivity index (χ3n) is 5.44. The third-order valence-corrected chi connectivity index (χ3v) is 5.44. The summed E-state index contributed by atoms with van der Waals surface area (Å²) in [7, 11) is 0. The van der Waals surface area contributed by atoms with E-state index < -0.39 is 0 Å². The standard InChI is InChI=1S/C21H29N5/c1-2-9-24-11-13-26(14-12-24)21-22-15-19-17-25(10-8-20(19)23-21)16-18-6-4-3-5-7-18/h3-7,15H,2,8-14,16-17H2,1H3. The summed E-state index contributed by atoms with van der Waals surface area (Å²) in [6, 6.07) is 10.7. The van der Waals surface area contributed by atoms with E-state index in [-0.39, 0.29) is 0 Å². The quantitative estimate of drug-likeness (QED) is 0.827. The smallest absolute Gasteiger partial charge is 0.225 e. The predicted octanol–water partition coefficient (Wildman–Crippen LogP) is 2.57. The SMILES string of the molecule is CCCN1CCN(c2ncc3c(n2)CCN(Cc2ccccc2)C3)CC1. The Balaban J connectivity index is 1.38. The van der Waals surface area contributed by atoms with Crippen LogP contribution in [0.15, 0.2) is 36.5 Å². The van der Waals surface area contributed by atoms with Crippen LogP contribution < -0.4 is 4.90 Å². The molecular formula is C21H29N5. The fourth-order valence-electron chi connectivity index (χ4n) is 3.98. The van der Waals surface area contributed by atoms with Crippen molar-refractivity contribution in [3.63, 3.8) is 0 Å². The maximum absolute atomic E-state index is 4.92. The first-order chi connectivity index (χ1) is 12.8. The highest BCUT2D eigenvalue weighted by atomic mass is 15.3. The van der Waals surface area contributed by atoms with Crippen LogP contribution in [0, 0.1) is 0 Å². The summed E-state index contributed by atoms with van der Waals surface area (Å²) >= 11 is 0. The van der Waals surface area contributed by atoms with E-state index in [1.54, 1.807) is 0 Å². The second kappa shape index (κ2) is 8.14. The Morgan fingerprint density at radius 2 is 1.77 bits per heavy atom. The number of rotatable bonds is 5. The van der Waals surface area contributed by atoms with Crippen LogP contribution in [0.5, 0.6) is 0 Å². The van der Waals surface area contributed by atoms with Crippen LogP contribution in [-0.4, -0.2) is 59.0 Å². The van der Waals surface area contributed by atoms with E-state index in [1.807, 2.05) is 0 Å².